The SMILES string of the molecule is CCc1ccc(C2=N/C(=C/c3c4ccc(OC)cc4c(-c4ccc(CC)s4)n3B(C#Cc3ccc(C#Cc4ccc(/C(C(C)=O)=C(/C)O)cc4)cc3)C#Cc3ccc(C#Cc4ccc(/C(C(C)=O)=C(/C)O)cc4)cc3)c3ccc(OC)cc32)s1. The summed E-state index contributed by atoms with van der Waals surface area (Å²) >= 11 is 3.50. The largest absolute Gasteiger partial charge is 0.512 e. The van der Waals surface area contributed by atoms with Crippen molar-refractivity contribution in [2.24, 2.45) is 4.99 Å². The van der Waals surface area contributed by atoms with Gasteiger partial charge < -0.3 is 24.2 Å². The van der Waals surface area contributed by atoms with Crippen LogP contribution in [0, 0.1) is 47.2 Å². The number of nitrogens with zero attached hydrogens (tertiary/aromatic N) is 2. The molecule has 10 rings (SSSR count). The Morgan fingerprint density at radius 1 is 0.524 bits per heavy atom. The maximum absolute atomic E-state index is 12.2. The van der Waals surface area contributed by atoms with E-state index in [9.17, 15) is 19.8 Å². The summed E-state index contributed by atoms with van der Waals surface area (Å²) in [5, 5.41) is 22.2. The summed E-state index contributed by atoms with van der Waals surface area (Å²) in [4.78, 5) is 34.5. The summed E-state index contributed by atoms with van der Waals surface area (Å²) in [6.45, 7) is 9.51. The van der Waals surface area contributed by atoms with Crippen molar-refractivity contribution in [3.63, 3.8) is 0 Å². The molecular formula is C73H57BN2O6S2. The molecule has 2 N–H and O–H groups in total. The number of ether oxygens (including phenoxy) is 2. The third-order valence-corrected chi connectivity index (χ3v) is 16.7. The van der Waals surface area contributed by atoms with Crippen molar-refractivity contribution in [2.75, 3.05) is 14.2 Å². The minimum absolute atomic E-state index is 0.0222. The van der Waals surface area contributed by atoms with Gasteiger partial charge >= 0.3 is 6.85 Å². The molecule has 1 aliphatic rings. The van der Waals surface area contributed by atoms with Crippen LogP contribution in [0.15, 0.2) is 174 Å². The number of thiophene rings is 2. The minimum atomic E-state index is -0.715. The van der Waals surface area contributed by atoms with Gasteiger partial charge in [0.05, 0.1) is 52.2 Å². The number of carbonyl (C=O) groups excluding carboxylic acids is 2. The topological polar surface area (TPSA) is 110 Å². The zero-order valence-electron chi connectivity index (χ0n) is 47.8. The number of ketones is 2. The van der Waals surface area contributed by atoms with Gasteiger partial charge in [-0.15, -0.1) is 34.3 Å². The fourth-order valence-electron chi connectivity index (χ4n) is 10.1. The number of methoxy groups -OCH3 is 2. The van der Waals surface area contributed by atoms with Gasteiger partial charge in [0, 0.05) is 70.7 Å². The number of carbonyl (C=O) groups is 2. The monoisotopic (exact) mass is 1130 g/mol. The number of hydrogen-bond acceptors (Lipinski definition) is 9. The molecule has 1 aliphatic heterocycles. The Morgan fingerprint density at radius 3 is 1.39 bits per heavy atom. The van der Waals surface area contributed by atoms with E-state index >= 15 is 0 Å². The molecule has 0 saturated heterocycles. The third-order valence-electron chi connectivity index (χ3n) is 14.2. The van der Waals surface area contributed by atoms with Gasteiger partial charge in [0.1, 0.15) is 23.0 Å². The van der Waals surface area contributed by atoms with E-state index in [4.69, 9.17) is 14.5 Å². The van der Waals surface area contributed by atoms with Crippen molar-refractivity contribution in [1.29, 1.82) is 0 Å². The molecular weight excluding hydrogens is 1080 g/mol. The lowest BCUT2D eigenvalue weighted by molar-refractivity contribution is -0.112. The van der Waals surface area contributed by atoms with Crippen LogP contribution < -0.4 is 9.47 Å². The number of aliphatic hydroxyl groups excluding tert-OH is 2. The van der Waals surface area contributed by atoms with Crippen LogP contribution >= 0.6 is 22.7 Å². The lowest BCUT2D eigenvalue weighted by Crippen LogP contribution is -2.24. The molecule has 0 fully saturated rings. The second-order valence-electron chi connectivity index (χ2n) is 19.9. The van der Waals surface area contributed by atoms with Crippen LogP contribution in [-0.4, -0.2) is 53.0 Å². The molecule has 11 heteroatoms. The Morgan fingerprint density at radius 2 is 0.952 bits per heavy atom. The van der Waals surface area contributed by atoms with Crippen LogP contribution in [0.25, 0.3) is 44.3 Å². The van der Waals surface area contributed by atoms with Gasteiger partial charge in [-0.05, 0) is 191 Å². The molecule has 0 radical (unpaired) electrons. The average molecular weight is 1130 g/mol. The Hall–Kier alpha value is -10.0. The van der Waals surface area contributed by atoms with Gasteiger partial charge in [-0.3, -0.25) is 9.59 Å². The van der Waals surface area contributed by atoms with Crippen molar-refractivity contribution in [3.05, 3.63) is 245 Å². The van der Waals surface area contributed by atoms with Crippen LogP contribution in [0.2, 0.25) is 0 Å². The molecule has 0 amide bonds. The second-order valence-corrected chi connectivity index (χ2v) is 22.3. The number of aliphatic imine (C=N–C) groups is 1. The first-order chi connectivity index (χ1) is 40.7. The smallest absolute Gasteiger partial charge is 0.434 e. The van der Waals surface area contributed by atoms with Gasteiger partial charge in [0.15, 0.2) is 11.6 Å². The first kappa shape index (κ1) is 57.2. The number of aromatic nitrogens is 1. The number of hydrogen-bond donors (Lipinski definition) is 2. The quantitative estimate of drug-likeness (QED) is 0.0546. The number of aliphatic hydroxyl groups is 2. The summed E-state index contributed by atoms with van der Waals surface area (Å²) in [6.07, 6.45) is 3.98. The zero-order chi connectivity index (χ0) is 59.0. The first-order valence-corrected chi connectivity index (χ1v) is 29.0. The predicted molar refractivity (Wildman–Crippen MR) is 346 cm³/mol. The molecule has 410 valence electrons. The van der Waals surface area contributed by atoms with Crippen LogP contribution in [0.3, 0.4) is 0 Å². The van der Waals surface area contributed by atoms with E-state index in [0.29, 0.717) is 11.1 Å². The number of fused-ring (bicyclic) bond motifs is 2. The van der Waals surface area contributed by atoms with Crippen molar-refractivity contribution < 1.29 is 29.3 Å². The molecule has 0 bridgehead atoms. The molecule has 84 heavy (non-hydrogen) atoms. The lowest BCUT2D eigenvalue weighted by Gasteiger charge is -2.13. The van der Waals surface area contributed by atoms with Gasteiger partial charge in [-0.25, -0.2) is 4.99 Å². The predicted octanol–water partition coefficient (Wildman–Crippen LogP) is 15.5. The highest BCUT2D eigenvalue weighted by Gasteiger charge is 2.29. The second kappa shape index (κ2) is 25.4. The summed E-state index contributed by atoms with van der Waals surface area (Å²) in [5.41, 5.74) is 12.0. The fourth-order valence-corrected chi connectivity index (χ4v) is 12.0. The Bertz CT molecular complexity index is 4300. The summed E-state index contributed by atoms with van der Waals surface area (Å²) in [6, 6.07) is 51.2. The molecule has 0 spiro atoms. The lowest BCUT2D eigenvalue weighted by atomic mass is 9.63. The Balaban J connectivity index is 1.11. The van der Waals surface area contributed by atoms with E-state index in [-0.39, 0.29) is 34.2 Å². The van der Waals surface area contributed by atoms with Gasteiger partial charge in [-0.2, -0.15) is 0 Å². The van der Waals surface area contributed by atoms with E-state index in [1.807, 2.05) is 84.9 Å². The minimum Gasteiger partial charge on any atom is -0.512 e. The first-order valence-electron chi connectivity index (χ1n) is 27.4. The van der Waals surface area contributed by atoms with Crippen LogP contribution in [0.4, 0.5) is 0 Å². The van der Waals surface area contributed by atoms with E-state index in [0.717, 1.165) is 112 Å². The van der Waals surface area contributed by atoms with Crippen molar-refractivity contribution in [2.45, 2.75) is 54.4 Å². The zero-order valence-corrected chi connectivity index (χ0v) is 49.5. The van der Waals surface area contributed by atoms with E-state index in [2.05, 4.69) is 120 Å². The third kappa shape index (κ3) is 12.6. The number of aryl methyl sites for hydroxylation is 2. The van der Waals surface area contributed by atoms with Crippen LogP contribution in [0.5, 0.6) is 11.5 Å². The molecule has 0 aliphatic carbocycles. The maximum atomic E-state index is 12.2. The van der Waals surface area contributed by atoms with Crippen molar-refractivity contribution in [1.82, 2.24) is 4.48 Å². The maximum Gasteiger partial charge on any atom is 0.434 e. The number of Topliss-reactive ketones (excluding diaryl/α,β-unsaturated/α-hetero) is 2. The number of rotatable bonds is 12. The molecule has 4 heterocycles. The Labute approximate surface area is 499 Å². The molecule has 0 atom stereocenters. The molecule has 0 unspecified atom stereocenters. The summed E-state index contributed by atoms with van der Waals surface area (Å²) in [7, 11) is 3.37. The van der Waals surface area contributed by atoms with E-state index in [1.165, 1.54) is 37.4 Å². The highest BCUT2D eigenvalue weighted by Crippen LogP contribution is 2.43. The molecule has 0 saturated carbocycles. The normalized spacial score (nSPS) is 12.4. The molecule has 9 aromatic rings. The van der Waals surface area contributed by atoms with Gasteiger partial charge in [-0.1, -0.05) is 73.6 Å². The summed E-state index contributed by atoms with van der Waals surface area (Å²) in [5.74, 6) is 28.3. The Kier molecular flexibility index (Phi) is 17.3. The van der Waals surface area contributed by atoms with Crippen molar-refractivity contribution >= 4 is 80.5 Å². The van der Waals surface area contributed by atoms with Gasteiger partial charge in [0.2, 0.25) is 0 Å². The highest BCUT2D eigenvalue weighted by molar-refractivity contribution is 7.15. The molecule has 3 aromatic heterocycles. The van der Waals surface area contributed by atoms with Crippen molar-refractivity contribution in [3.8, 4) is 69.2 Å². The molecule has 8 nitrogen and oxygen atoms in total. The number of allylic oxidation sites excluding steroid dienone is 4. The molecule has 6 aromatic carbocycles. The van der Waals surface area contributed by atoms with Crippen LogP contribution in [-0.2, 0) is 22.4 Å². The standard InChI is InChI=1S/C73H57BN2O6S2/c1-9-60-33-37-68(83-60)72-64-43-58(81-7)31-35-62(64)66(75-72)45-67-63-36-32-59(82-8)44-65(63)73(69-38-34-61(10-2)84-69)76(67)74(41-39-54-19-15-50(16-20-54)11-13-52-23-27-56(28-24-52)70(46(3)77)47(4)78)42-40-55-21-17-51(18-22-55)12-14-53-25-29-57(30-26-53)71(48(5)79)49(6)80/h15-38,43-45,77,79H,9-10H2,1-8H3/b66-45+,70-46-,71-48-. The van der Waals surface area contributed by atoms with Crippen LogP contribution in [0.1, 0.15) is 118 Å². The van der Waals surface area contributed by atoms with E-state index < -0.39 is 6.85 Å². The highest BCUT2D eigenvalue weighted by atomic mass is 32.1. The fraction of sp³-hybridized carbons (Fsp3) is 0.137. The average Bonchev–Trinajstić information content (AvgIpc) is 1.97. The van der Waals surface area contributed by atoms with E-state index in [1.54, 1.807) is 61.2 Å². The summed E-state index contributed by atoms with van der Waals surface area (Å²) < 4.78 is 14.0. The van der Waals surface area contributed by atoms with Gasteiger partial charge in [0.25, 0.3) is 0 Å². The number of benzene rings is 6.